The van der Waals surface area contributed by atoms with Crippen LogP contribution in [0.25, 0.3) is 11.1 Å². The van der Waals surface area contributed by atoms with Gasteiger partial charge in [0.05, 0.1) is 0 Å². The van der Waals surface area contributed by atoms with Crippen molar-refractivity contribution in [3.63, 3.8) is 0 Å². The number of halogens is 4. The van der Waals surface area contributed by atoms with Gasteiger partial charge in [-0.25, -0.2) is 17.6 Å². The molecule has 0 aromatic heterocycles. The van der Waals surface area contributed by atoms with E-state index >= 15 is 17.6 Å². The number of hydrogen-bond acceptors (Lipinski definition) is 1. The third-order valence-electron chi connectivity index (χ3n) is 6.65. The number of aliphatic hydroxyl groups is 1. The van der Waals surface area contributed by atoms with Gasteiger partial charge >= 0.3 is 0 Å². The van der Waals surface area contributed by atoms with E-state index in [1.807, 2.05) is 13.8 Å². The Balaban J connectivity index is 2.46. The lowest BCUT2D eigenvalue weighted by Gasteiger charge is -2.43. The topological polar surface area (TPSA) is 20.2 Å². The van der Waals surface area contributed by atoms with E-state index < -0.39 is 35.9 Å². The number of hydrogen-bond donors (Lipinski definition) is 1. The molecule has 0 atom stereocenters. The first-order valence-corrected chi connectivity index (χ1v) is 12.8. The largest absolute Gasteiger partial charge is 0.374 e. The molecule has 0 amide bonds. The van der Waals surface area contributed by atoms with E-state index in [1.54, 1.807) is 36.4 Å². The smallest absolute Gasteiger partial charge is 0.286 e. The van der Waals surface area contributed by atoms with Gasteiger partial charge in [-0.1, -0.05) is 120 Å². The monoisotopic (exact) mass is 480 g/mol. The van der Waals surface area contributed by atoms with Gasteiger partial charge in [0.25, 0.3) is 11.8 Å². The summed E-state index contributed by atoms with van der Waals surface area (Å²) < 4.78 is 63.0. The molecule has 0 aliphatic carbocycles. The van der Waals surface area contributed by atoms with Gasteiger partial charge in [0.2, 0.25) is 5.60 Å². The van der Waals surface area contributed by atoms with Crippen LogP contribution in [0.2, 0.25) is 0 Å². The highest BCUT2D eigenvalue weighted by Gasteiger charge is 2.67. The summed E-state index contributed by atoms with van der Waals surface area (Å²) in [7, 11) is 0. The molecule has 0 aliphatic heterocycles. The van der Waals surface area contributed by atoms with E-state index in [-0.39, 0.29) is 18.4 Å². The summed E-state index contributed by atoms with van der Waals surface area (Å²) in [6.07, 6.45) is 5.00. The maximum atomic E-state index is 15.8. The Hall–Kier alpha value is -1.88. The zero-order valence-corrected chi connectivity index (χ0v) is 20.6. The minimum Gasteiger partial charge on any atom is -0.374 e. The molecule has 0 spiro atoms. The van der Waals surface area contributed by atoms with Crippen molar-refractivity contribution in [1.82, 2.24) is 0 Å². The predicted molar refractivity (Wildman–Crippen MR) is 132 cm³/mol. The molecule has 0 saturated carbocycles. The van der Waals surface area contributed by atoms with Crippen molar-refractivity contribution < 1.29 is 22.7 Å². The number of alkyl halides is 4. The Labute approximate surface area is 202 Å². The Kier molecular flexibility index (Phi) is 11.1. The average molecular weight is 481 g/mol. The van der Waals surface area contributed by atoms with Crippen molar-refractivity contribution >= 4 is 0 Å². The third-order valence-corrected chi connectivity index (χ3v) is 6.65. The van der Waals surface area contributed by atoms with Crippen LogP contribution in [0, 0.1) is 0 Å². The summed E-state index contributed by atoms with van der Waals surface area (Å²) in [6, 6.07) is 14.4. The van der Waals surface area contributed by atoms with Gasteiger partial charge in [-0.3, -0.25) is 0 Å². The van der Waals surface area contributed by atoms with Crippen molar-refractivity contribution in [2.45, 2.75) is 108 Å². The van der Waals surface area contributed by atoms with Gasteiger partial charge in [-0.2, -0.15) is 0 Å². The van der Waals surface area contributed by atoms with E-state index in [9.17, 15) is 5.11 Å². The Morgan fingerprint density at radius 1 is 0.588 bits per heavy atom. The number of unbranched alkanes of at least 4 members (excludes halogenated alkanes) is 8. The quantitative estimate of drug-likeness (QED) is 0.187. The second kappa shape index (κ2) is 13.3. The Morgan fingerprint density at radius 3 is 1.53 bits per heavy atom. The molecule has 0 fully saturated rings. The zero-order valence-electron chi connectivity index (χ0n) is 20.6. The van der Waals surface area contributed by atoms with Crippen LogP contribution in [0.5, 0.6) is 0 Å². The van der Waals surface area contributed by atoms with Crippen molar-refractivity contribution in [1.29, 1.82) is 0 Å². The van der Waals surface area contributed by atoms with Crippen LogP contribution in [0.3, 0.4) is 0 Å². The van der Waals surface area contributed by atoms with Gasteiger partial charge in [0.15, 0.2) is 0 Å². The first-order valence-electron chi connectivity index (χ1n) is 12.8. The molecule has 2 aromatic rings. The molecular formula is C29H40F4O. The molecule has 0 aliphatic rings. The fourth-order valence-electron chi connectivity index (χ4n) is 4.59. The molecule has 0 radical (unpaired) electrons. The molecule has 34 heavy (non-hydrogen) atoms. The molecule has 2 aromatic carbocycles. The summed E-state index contributed by atoms with van der Waals surface area (Å²) in [5.74, 6) is -7.98. The lowest BCUT2D eigenvalue weighted by Crippen LogP contribution is -2.58. The maximum absolute atomic E-state index is 15.8. The van der Waals surface area contributed by atoms with Gasteiger partial charge in [0.1, 0.15) is 0 Å². The third kappa shape index (κ3) is 6.84. The molecule has 0 unspecified atom stereocenters. The molecule has 1 nitrogen and oxygen atoms in total. The van der Waals surface area contributed by atoms with Crippen molar-refractivity contribution in [3.8, 4) is 11.1 Å². The first kappa shape index (κ1) is 28.4. The van der Waals surface area contributed by atoms with Crippen LogP contribution in [-0.2, 0) is 5.60 Å². The first-order chi connectivity index (χ1) is 16.2. The van der Waals surface area contributed by atoms with Crippen molar-refractivity contribution in [2.75, 3.05) is 0 Å². The van der Waals surface area contributed by atoms with Crippen LogP contribution in [-0.4, -0.2) is 17.0 Å². The lowest BCUT2D eigenvalue weighted by atomic mass is 9.75. The van der Waals surface area contributed by atoms with Crippen molar-refractivity contribution in [2.24, 2.45) is 0 Å². The molecule has 190 valence electrons. The van der Waals surface area contributed by atoms with Crippen LogP contribution < -0.4 is 0 Å². The van der Waals surface area contributed by atoms with Gasteiger partial charge < -0.3 is 5.11 Å². The number of benzene rings is 2. The second-order valence-corrected chi connectivity index (χ2v) is 9.36. The van der Waals surface area contributed by atoms with Gasteiger partial charge in [-0.05, 0) is 24.0 Å². The summed E-state index contributed by atoms with van der Waals surface area (Å²) >= 11 is 0. The lowest BCUT2D eigenvalue weighted by molar-refractivity contribution is -0.295. The summed E-state index contributed by atoms with van der Waals surface area (Å²) in [6.45, 7) is 4.05. The standard InChI is InChI=1S/C29H40F4O/c1-3-5-7-9-16-22-27(30,31)29(34,28(32,33)23-17-10-8-6-4-2)26-21-15-14-20-25(26)24-18-12-11-13-19-24/h11-15,18-21,34H,3-10,16-17,22-23H2,1-2H3. The Bertz CT molecular complexity index is 809. The number of rotatable bonds is 16. The SMILES string of the molecule is CCCCCCCC(F)(F)C(O)(c1ccccc1-c1ccccc1)C(F)(F)CCCCCCC. The van der Waals surface area contributed by atoms with Gasteiger partial charge in [0, 0.05) is 18.4 Å². The van der Waals surface area contributed by atoms with Crippen LogP contribution in [0.15, 0.2) is 54.6 Å². The van der Waals surface area contributed by atoms with E-state index in [2.05, 4.69) is 0 Å². The summed E-state index contributed by atoms with van der Waals surface area (Å²) in [4.78, 5) is 0. The van der Waals surface area contributed by atoms with Crippen LogP contribution >= 0.6 is 0 Å². The minimum atomic E-state index is -3.99. The van der Waals surface area contributed by atoms with E-state index in [0.29, 0.717) is 18.4 Å². The van der Waals surface area contributed by atoms with E-state index in [4.69, 9.17) is 0 Å². The molecule has 0 bridgehead atoms. The molecule has 5 heteroatoms. The highest BCUT2D eigenvalue weighted by molar-refractivity contribution is 5.69. The van der Waals surface area contributed by atoms with Crippen molar-refractivity contribution in [3.05, 3.63) is 60.2 Å². The molecule has 2 rings (SSSR count). The molecule has 0 saturated heterocycles. The van der Waals surface area contributed by atoms with Gasteiger partial charge in [-0.15, -0.1) is 0 Å². The summed E-state index contributed by atoms with van der Waals surface area (Å²) in [5, 5.41) is 11.5. The fraction of sp³-hybridized carbons (Fsp3) is 0.586. The average Bonchev–Trinajstić information content (AvgIpc) is 2.83. The van der Waals surface area contributed by atoms with Crippen LogP contribution in [0.4, 0.5) is 17.6 Å². The maximum Gasteiger partial charge on any atom is 0.286 e. The van der Waals surface area contributed by atoms with E-state index in [1.165, 1.54) is 18.2 Å². The second-order valence-electron chi connectivity index (χ2n) is 9.36. The minimum absolute atomic E-state index is 0.0927. The highest BCUT2D eigenvalue weighted by atomic mass is 19.3. The molecular weight excluding hydrogens is 440 g/mol. The van der Waals surface area contributed by atoms with E-state index in [0.717, 1.165) is 38.5 Å². The zero-order chi connectivity index (χ0) is 25.1. The highest BCUT2D eigenvalue weighted by Crippen LogP contribution is 2.54. The van der Waals surface area contributed by atoms with Crippen LogP contribution in [0.1, 0.15) is 96.5 Å². The molecule has 0 heterocycles. The fourth-order valence-corrected chi connectivity index (χ4v) is 4.59. The summed E-state index contributed by atoms with van der Waals surface area (Å²) in [5.41, 5.74) is -3.27. The molecule has 1 N–H and O–H groups in total. The predicted octanol–water partition coefficient (Wildman–Crippen LogP) is 9.53. The normalized spacial score (nSPS) is 12.8. The Morgan fingerprint density at radius 2 is 1.03 bits per heavy atom.